The van der Waals surface area contributed by atoms with E-state index in [1.165, 1.54) is 4.90 Å². The normalized spacial score (nSPS) is 28.9. The molecular formula is C17H19NO2. The van der Waals surface area contributed by atoms with Crippen LogP contribution in [0.25, 0.3) is 0 Å². The third-order valence-electron chi connectivity index (χ3n) is 4.54. The Labute approximate surface area is 119 Å². The lowest BCUT2D eigenvalue weighted by atomic mass is 9.78. The summed E-state index contributed by atoms with van der Waals surface area (Å²) in [6.07, 6.45) is 4.77. The second-order valence-corrected chi connectivity index (χ2v) is 5.91. The van der Waals surface area contributed by atoms with Gasteiger partial charge in [-0.3, -0.25) is 9.59 Å². The largest absolute Gasteiger partial charge is 0.274 e. The van der Waals surface area contributed by atoms with E-state index in [2.05, 4.69) is 6.08 Å². The van der Waals surface area contributed by atoms with Gasteiger partial charge in [-0.15, -0.1) is 0 Å². The zero-order valence-electron chi connectivity index (χ0n) is 12.1. The van der Waals surface area contributed by atoms with Gasteiger partial charge in [0.2, 0.25) is 11.8 Å². The van der Waals surface area contributed by atoms with Crippen LogP contribution in [0, 0.1) is 31.6 Å². The van der Waals surface area contributed by atoms with Crippen molar-refractivity contribution in [2.75, 3.05) is 4.90 Å². The Kier molecular flexibility index (Phi) is 3.00. The van der Waals surface area contributed by atoms with Crippen molar-refractivity contribution in [3.05, 3.63) is 41.5 Å². The van der Waals surface area contributed by atoms with Crippen LogP contribution in [0.5, 0.6) is 0 Å². The third kappa shape index (κ3) is 1.73. The molecular weight excluding hydrogens is 250 g/mol. The molecule has 20 heavy (non-hydrogen) atoms. The van der Waals surface area contributed by atoms with Crippen molar-refractivity contribution < 1.29 is 9.59 Å². The monoisotopic (exact) mass is 269 g/mol. The molecule has 0 radical (unpaired) electrons. The van der Waals surface area contributed by atoms with Gasteiger partial charge in [-0.2, -0.15) is 0 Å². The molecule has 3 heteroatoms. The third-order valence-corrected chi connectivity index (χ3v) is 4.54. The Hall–Kier alpha value is -1.90. The van der Waals surface area contributed by atoms with Crippen LogP contribution in [0.3, 0.4) is 0 Å². The van der Waals surface area contributed by atoms with E-state index in [1.807, 2.05) is 45.0 Å². The minimum Gasteiger partial charge on any atom is -0.274 e. The van der Waals surface area contributed by atoms with Gasteiger partial charge < -0.3 is 0 Å². The van der Waals surface area contributed by atoms with Gasteiger partial charge in [0.1, 0.15) is 0 Å². The summed E-state index contributed by atoms with van der Waals surface area (Å²) in [5, 5.41) is 0. The van der Waals surface area contributed by atoms with Crippen LogP contribution in [0.15, 0.2) is 30.4 Å². The molecule has 1 fully saturated rings. The molecule has 0 aromatic heterocycles. The van der Waals surface area contributed by atoms with E-state index in [-0.39, 0.29) is 29.6 Å². The number of carbonyl (C=O) groups excluding carboxylic acids is 2. The second-order valence-electron chi connectivity index (χ2n) is 5.91. The maximum atomic E-state index is 12.7. The Bertz CT molecular complexity index is 597. The van der Waals surface area contributed by atoms with E-state index in [4.69, 9.17) is 0 Å². The Morgan fingerprint density at radius 3 is 2.35 bits per heavy atom. The zero-order valence-corrected chi connectivity index (χ0v) is 12.1. The molecule has 1 aromatic carbocycles. The van der Waals surface area contributed by atoms with Gasteiger partial charge in [-0.1, -0.05) is 37.3 Å². The summed E-state index contributed by atoms with van der Waals surface area (Å²) in [6.45, 7) is 5.92. The fourth-order valence-corrected chi connectivity index (χ4v) is 3.53. The molecule has 2 amide bonds. The molecule has 104 valence electrons. The van der Waals surface area contributed by atoms with Crippen molar-refractivity contribution in [3.8, 4) is 0 Å². The summed E-state index contributed by atoms with van der Waals surface area (Å²) in [5.74, 6) is -0.296. The zero-order chi connectivity index (χ0) is 14.4. The first kappa shape index (κ1) is 13.1. The molecule has 1 saturated heterocycles. The lowest BCUT2D eigenvalue weighted by molar-refractivity contribution is -0.122. The van der Waals surface area contributed by atoms with Crippen molar-refractivity contribution in [2.24, 2.45) is 17.8 Å². The number of para-hydroxylation sites is 1. The maximum Gasteiger partial charge on any atom is 0.238 e. The van der Waals surface area contributed by atoms with E-state index in [0.717, 1.165) is 16.8 Å². The summed E-state index contributed by atoms with van der Waals surface area (Å²) in [6, 6.07) is 5.86. The van der Waals surface area contributed by atoms with Gasteiger partial charge in [0, 0.05) is 0 Å². The first-order valence-electron chi connectivity index (χ1n) is 7.13. The van der Waals surface area contributed by atoms with E-state index in [1.54, 1.807) is 0 Å². The van der Waals surface area contributed by atoms with Crippen LogP contribution < -0.4 is 4.90 Å². The van der Waals surface area contributed by atoms with Gasteiger partial charge in [0.15, 0.2) is 0 Å². The topological polar surface area (TPSA) is 37.4 Å². The predicted molar refractivity (Wildman–Crippen MR) is 78.3 cm³/mol. The van der Waals surface area contributed by atoms with Crippen LogP contribution in [-0.2, 0) is 9.59 Å². The van der Waals surface area contributed by atoms with Gasteiger partial charge in [-0.05, 0) is 37.3 Å². The summed E-state index contributed by atoms with van der Waals surface area (Å²) >= 11 is 0. The number of rotatable bonds is 1. The van der Waals surface area contributed by atoms with Crippen LogP contribution in [0.2, 0.25) is 0 Å². The Morgan fingerprint density at radius 2 is 1.75 bits per heavy atom. The molecule has 0 spiro atoms. The highest BCUT2D eigenvalue weighted by Crippen LogP contribution is 2.41. The highest BCUT2D eigenvalue weighted by Gasteiger charge is 2.50. The summed E-state index contributed by atoms with van der Waals surface area (Å²) in [7, 11) is 0. The van der Waals surface area contributed by atoms with E-state index >= 15 is 0 Å². The lowest BCUT2D eigenvalue weighted by Crippen LogP contribution is -2.32. The van der Waals surface area contributed by atoms with E-state index in [0.29, 0.717) is 6.42 Å². The molecule has 1 aliphatic carbocycles. The van der Waals surface area contributed by atoms with Crippen molar-refractivity contribution in [1.82, 2.24) is 0 Å². The number of hydrogen-bond acceptors (Lipinski definition) is 2. The molecule has 0 bridgehead atoms. The quantitative estimate of drug-likeness (QED) is 0.580. The first-order valence-corrected chi connectivity index (χ1v) is 7.13. The number of aryl methyl sites for hydroxylation is 2. The molecule has 1 aromatic rings. The number of carbonyl (C=O) groups is 2. The van der Waals surface area contributed by atoms with Crippen molar-refractivity contribution in [2.45, 2.75) is 27.2 Å². The van der Waals surface area contributed by atoms with Crippen LogP contribution in [-0.4, -0.2) is 11.8 Å². The van der Waals surface area contributed by atoms with Crippen molar-refractivity contribution in [3.63, 3.8) is 0 Å². The molecule has 3 nitrogen and oxygen atoms in total. The maximum absolute atomic E-state index is 12.7. The predicted octanol–water partition coefficient (Wildman–Crippen LogP) is 3.01. The molecule has 0 saturated carbocycles. The number of hydrogen-bond donors (Lipinski definition) is 0. The van der Waals surface area contributed by atoms with Gasteiger partial charge in [-0.25, -0.2) is 4.90 Å². The number of anilines is 1. The van der Waals surface area contributed by atoms with Crippen LogP contribution >= 0.6 is 0 Å². The van der Waals surface area contributed by atoms with Gasteiger partial charge in [0.05, 0.1) is 17.5 Å². The molecule has 3 atom stereocenters. The number of fused-ring (bicyclic) bond motifs is 1. The lowest BCUT2D eigenvalue weighted by Gasteiger charge is -2.22. The smallest absolute Gasteiger partial charge is 0.238 e. The minimum atomic E-state index is -0.188. The molecule has 1 aliphatic heterocycles. The van der Waals surface area contributed by atoms with Crippen molar-refractivity contribution >= 4 is 17.5 Å². The highest BCUT2D eigenvalue weighted by molar-refractivity contribution is 6.23. The number of amides is 2. The van der Waals surface area contributed by atoms with Crippen LogP contribution in [0.1, 0.15) is 24.5 Å². The fourth-order valence-electron chi connectivity index (χ4n) is 3.53. The van der Waals surface area contributed by atoms with Crippen molar-refractivity contribution in [1.29, 1.82) is 0 Å². The number of imide groups is 1. The number of allylic oxidation sites excluding steroid dienone is 2. The number of nitrogens with zero attached hydrogens (tertiary/aromatic N) is 1. The Morgan fingerprint density at radius 1 is 1.10 bits per heavy atom. The summed E-state index contributed by atoms with van der Waals surface area (Å²) < 4.78 is 0. The fraction of sp³-hybridized carbons (Fsp3) is 0.412. The second kappa shape index (κ2) is 4.58. The minimum absolute atomic E-state index is 0.0331. The number of benzene rings is 1. The molecule has 0 unspecified atom stereocenters. The molecule has 2 aliphatic rings. The first-order chi connectivity index (χ1) is 9.52. The average molecular weight is 269 g/mol. The highest BCUT2D eigenvalue weighted by atomic mass is 16.2. The standard InChI is InChI=1S/C17H19NO2/c1-10-6-5-9-13-14(10)17(20)18(16(13)19)15-11(2)7-4-8-12(15)3/h4-8,10,13-14H,9H2,1-3H3/t10-,13+,14+/m0/s1. The van der Waals surface area contributed by atoms with Gasteiger partial charge in [0.25, 0.3) is 0 Å². The molecule has 1 heterocycles. The van der Waals surface area contributed by atoms with E-state index in [9.17, 15) is 9.59 Å². The summed E-state index contributed by atoms with van der Waals surface area (Å²) in [5.41, 5.74) is 2.74. The summed E-state index contributed by atoms with van der Waals surface area (Å²) in [4.78, 5) is 26.8. The molecule has 0 N–H and O–H groups in total. The Balaban J connectivity index is 2.08. The average Bonchev–Trinajstić information content (AvgIpc) is 2.65. The molecule has 3 rings (SSSR count). The SMILES string of the molecule is Cc1cccc(C)c1N1C(=O)[C@@H]2[C@@H](C)C=CC[C@H]2C1=O. The van der Waals surface area contributed by atoms with Crippen LogP contribution in [0.4, 0.5) is 5.69 Å². The van der Waals surface area contributed by atoms with Gasteiger partial charge >= 0.3 is 0 Å². The van der Waals surface area contributed by atoms with E-state index < -0.39 is 0 Å².